The van der Waals surface area contributed by atoms with Gasteiger partial charge in [-0.3, -0.25) is 4.94 Å². The second-order valence-electron chi connectivity index (χ2n) is 5.86. The molecule has 0 fully saturated rings. The molecule has 27 heavy (non-hydrogen) atoms. The lowest BCUT2D eigenvalue weighted by Gasteiger charge is -2.15. The minimum Gasteiger partial charge on any atom is -0.449 e. The minimum absolute atomic E-state index is 0.0615. The molecule has 0 heterocycles. The van der Waals surface area contributed by atoms with Crippen molar-refractivity contribution in [2.45, 2.75) is 12.8 Å². The van der Waals surface area contributed by atoms with Crippen LogP contribution in [0.3, 0.4) is 0 Å². The highest BCUT2D eigenvalue weighted by Crippen LogP contribution is 2.43. The normalized spacial score (nSPS) is 15.6. The van der Waals surface area contributed by atoms with Gasteiger partial charge in [0, 0.05) is 23.5 Å². The third kappa shape index (κ3) is 5.27. The zero-order chi connectivity index (χ0) is 19.6. The van der Waals surface area contributed by atoms with Crippen LogP contribution in [0.5, 0.6) is 0 Å². The molecule has 6 nitrogen and oxygen atoms in total. The number of hydrogen-bond acceptors (Lipinski definition) is 5. The van der Waals surface area contributed by atoms with Gasteiger partial charge in [0.1, 0.15) is 6.61 Å². The van der Waals surface area contributed by atoms with Crippen molar-refractivity contribution in [3.8, 4) is 0 Å². The number of nitrogens with one attached hydrogen (secondary N) is 2. The van der Waals surface area contributed by atoms with E-state index in [-0.39, 0.29) is 32.2 Å². The van der Waals surface area contributed by atoms with E-state index >= 15 is 0 Å². The fourth-order valence-electron chi connectivity index (χ4n) is 3.03. The average molecular weight is 374 g/mol. The molecule has 0 radical (unpaired) electrons. The van der Waals surface area contributed by atoms with E-state index in [1.165, 1.54) is 0 Å². The van der Waals surface area contributed by atoms with Gasteiger partial charge in [-0.2, -0.15) is 0 Å². The number of ether oxygens (including phenoxy) is 1. The Bertz CT molecular complexity index is 758. The third-order valence-corrected chi connectivity index (χ3v) is 4.17. The summed E-state index contributed by atoms with van der Waals surface area (Å²) in [5, 5.41) is 5.20. The minimum atomic E-state index is -1.02. The van der Waals surface area contributed by atoms with Crippen molar-refractivity contribution in [2.75, 3.05) is 26.2 Å². The number of allylic oxidation sites excluding steroid dienone is 4. The van der Waals surface area contributed by atoms with Gasteiger partial charge in [0.2, 0.25) is 0 Å². The molecule has 2 N–H and O–H groups in total. The molecule has 7 heteroatoms. The third-order valence-electron chi connectivity index (χ3n) is 4.17. The van der Waals surface area contributed by atoms with Crippen molar-refractivity contribution in [3.63, 3.8) is 0 Å². The Kier molecular flexibility index (Phi) is 7.76. The zero-order valence-electron chi connectivity index (χ0n) is 15.2. The molecule has 1 unspecified atom stereocenters. The van der Waals surface area contributed by atoms with Crippen LogP contribution in [0.4, 0.5) is 9.32 Å². The van der Waals surface area contributed by atoms with Crippen molar-refractivity contribution in [1.82, 2.24) is 10.6 Å². The largest absolute Gasteiger partial charge is 0.449 e. The van der Waals surface area contributed by atoms with Crippen molar-refractivity contribution >= 4 is 17.6 Å². The highest BCUT2D eigenvalue weighted by Gasteiger charge is 2.29. The zero-order valence-corrected chi connectivity index (χ0v) is 15.2. The number of carbonyl (C=O) groups is 2. The fraction of sp³-hybridized carbons (Fsp3) is 0.300. The maximum absolute atomic E-state index is 11.9. The van der Waals surface area contributed by atoms with E-state index in [1.54, 1.807) is 0 Å². The van der Waals surface area contributed by atoms with Gasteiger partial charge in [-0.1, -0.05) is 49.1 Å². The molecular weight excluding hydrogens is 351 g/mol. The number of halogens is 1. The molecule has 1 amide bonds. The van der Waals surface area contributed by atoms with Crippen LogP contribution in [0.15, 0.2) is 54.6 Å². The molecule has 144 valence electrons. The number of alkyl carbamates (subject to hydrolysis) is 1. The van der Waals surface area contributed by atoms with Crippen LogP contribution in [0, 0.1) is 0 Å². The molecule has 1 aromatic rings. The predicted octanol–water partition coefficient (Wildman–Crippen LogP) is 3.04. The topological polar surface area (TPSA) is 76.7 Å². The van der Waals surface area contributed by atoms with Crippen LogP contribution in [-0.4, -0.2) is 38.3 Å². The Balaban J connectivity index is 1.90. The lowest BCUT2D eigenvalue weighted by Crippen LogP contribution is -2.34. The van der Waals surface area contributed by atoms with Crippen LogP contribution in [0.25, 0.3) is 5.57 Å². The summed E-state index contributed by atoms with van der Waals surface area (Å²) in [5.41, 5.74) is 4.30. The fourth-order valence-corrected chi connectivity index (χ4v) is 3.03. The van der Waals surface area contributed by atoms with Gasteiger partial charge in [0.05, 0.1) is 6.54 Å². The van der Waals surface area contributed by atoms with Crippen LogP contribution < -0.4 is 10.6 Å². The average Bonchev–Trinajstić information content (AvgIpc) is 2.98. The van der Waals surface area contributed by atoms with E-state index in [1.807, 2.05) is 49.4 Å². The van der Waals surface area contributed by atoms with Gasteiger partial charge < -0.3 is 15.4 Å². The van der Waals surface area contributed by atoms with E-state index in [0.29, 0.717) is 0 Å². The molecular formula is C20H23FN2O4. The van der Waals surface area contributed by atoms with Gasteiger partial charge in [-0.05, 0) is 29.2 Å². The SMILES string of the molecule is C=CC1=C(/C=C\C)C(COC(=O)NCCNCC(=O)OF)c2ccccc21. The number of carbonyl (C=O) groups excluding carboxylic acids is 2. The Morgan fingerprint density at radius 3 is 2.78 bits per heavy atom. The first-order chi connectivity index (χ1) is 13.1. The first-order valence-electron chi connectivity index (χ1n) is 8.63. The van der Waals surface area contributed by atoms with Gasteiger partial charge in [0.15, 0.2) is 0 Å². The second kappa shape index (κ2) is 10.3. The summed E-state index contributed by atoms with van der Waals surface area (Å²) in [7, 11) is 0. The van der Waals surface area contributed by atoms with E-state index in [4.69, 9.17) is 4.74 Å². The summed E-state index contributed by atoms with van der Waals surface area (Å²) >= 11 is 0. The van der Waals surface area contributed by atoms with Gasteiger partial charge >= 0.3 is 12.1 Å². The first kappa shape index (κ1) is 20.4. The molecule has 0 aromatic heterocycles. The van der Waals surface area contributed by atoms with E-state index in [0.717, 1.165) is 22.3 Å². The van der Waals surface area contributed by atoms with Crippen LogP contribution >= 0.6 is 0 Å². The van der Waals surface area contributed by atoms with Crippen LogP contribution in [0.1, 0.15) is 24.0 Å². The molecule has 1 aliphatic rings. The van der Waals surface area contributed by atoms with Crippen LogP contribution in [0.2, 0.25) is 0 Å². The molecule has 1 atom stereocenters. The lowest BCUT2D eigenvalue weighted by molar-refractivity contribution is -0.182. The summed E-state index contributed by atoms with van der Waals surface area (Å²) in [6.07, 6.45) is 5.22. The van der Waals surface area contributed by atoms with Crippen molar-refractivity contribution in [3.05, 3.63) is 65.8 Å². The van der Waals surface area contributed by atoms with Crippen molar-refractivity contribution < 1.29 is 23.8 Å². The smallest absolute Gasteiger partial charge is 0.407 e. The lowest BCUT2D eigenvalue weighted by atomic mass is 9.96. The first-order valence-corrected chi connectivity index (χ1v) is 8.63. The Hall–Kier alpha value is -2.93. The highest BCUT2D eigenvalue weighted by molar-refractivity contribution is 5.86. The van der Waals surface area contributed by atoms with Crippen LogP contribution in [-0.2, 0) is 14.5 Å². The highest BCUT2D eigenvalue weighted by atomic mass is 19.3. The van der Waals surface area contributed by atoms with Gasteiger partial charge in [-0.25, -0.2) is 9.59 Å². The Labute approximate surface area is 157 Å². The molecule has 2 rings (SSSR count). The molecule has 1 aliphatic carbocycles. The number of hydrogen-bond donors (Lipinski definition) is 2. The summed E-state index contributed by atoms with van der Waals surface area (Å²) in [6, 6.07) is 7.98. The standard InChI is InChI=1S/C20H23FN2O4/c1-3-7-15-14(4-2)16-8-5-6-9-17(16)18(15)13-26-20(25)23-11-10-22-12-19(24)27-21/h3-9,18,22H,2,10-13H2,1H3,(H,23,25)/b7-3-. The van der Waals surface area contributed by atoms with Gasteiger partial charge in [-0.15, -0.1) is 0 Å². The number of fused-ring (bicyclic) bond motifs is 1. The van der Waals surface area contributed by atoms with E-state index in [9.17, 15) is 14.1 Å². The van der Waals surface area contributed by atoms with E-state index in [2.05, 4.69) is 22.2 Å². The predicted molar refractivity (Wildman–Crippen MR) is 101 cm³/mol. The quantitative estimate of drug-likeness (QED) is 0.650. The maximum Gasteiger partial charge on any atom is 0.407 e. The summed E-state index contributed by atoms with van der Waals surface area (Å²) in [6.45, 7) is 6.28. The van der Waals surface area contributed by atoms with Crippen molar-refractivity contribution in [1.29, 1.82) is 0 Å². The van der Waals surface area contributed by atoms with E-state index < -0.39 is 12.1 Å². The number of amides is 1. The summed E-state index contributed by atoms with van der Waals surface area (Å²) in [5.74, 6) is -1.08. The summed E-state index contributed by atoms with van der Waals surface area (Å²) < 4.78 is 16.9. The molecule has 0 saturated carbocycles. The molecule has 0 spiro atoms. The molecule has 0 aliphatic heterocycles. The Morgan fingerprint density at radius 1 is 1.30 bits per heavy atom. The molecule has 0 saturated heterocycles. The summed E-state index contributed by atoms with van der Waals surface area (Å²) in [4.78, 5) is 25.5. The monoisotopic (exact) mass is 374 g/mol. The maximum atomic E-state index is 11.9. The van der Waals surface area contributed by atoms with Gasteiger partial charge in [0.25, 0.3) is 0 Å². The molecule has 1 aromatic carbocycles. The number of benzene rings is 1. The molecule has 0 bridgehead atoms. The number of rotatable bonds is 9. The Morgan fingerprint density at radius 2 is 2.07 bits per heavy atom. The van der Waals surface area contributed by atoms with Crippen molar-refractivity contribution in [2.24, 2.45) is 0 Å². The second-order valence-corrected chi connectivity index (χ2v) is 5.86.